The summed E-state index contributed by atoms with van der Waals surface area (Å²) in [5.74, 6) is 0.973. The first-order valence-corrected chi connectivity index (χ1v) is 6.62. The molecule has 1 aromatic rings. The third-order valence-electron chi connectivity index (χ3n) is 2.90. The van der Waals surface area contributed by atoms with Crippen LogP contribution in [0.3, 0.4) is 0 Å². The van der Waals surface area contributed by atoms with Crippen LogP contribution in [0, 0.1) is 11.7 Å². The molecular weight excluding hydrogens is 255 g/mol. The van der Waals surface area contributed by atoms with Gasteiger partial charge in [0.25, 0.3) is 0 Å². The molecule has 84 valence electrons. The number of hydrogen-bond donors (Lipinski definition) is 0. The number of alkyl halides is 1. The van der Waals surface area contributed by atoms with Crippen molar-refractivity contribution in [1.82, 2.24) is 0 Å². The predicted molar refractivity (Wildman–Crippen MR) is 67.0 cm³/mol. The van der Waals surface area contributed by atoms with E-state index in [0.29, 0.717) is 11.8 Å². The van der Waals surface area contributed by atoms with Gasteiger partial charge in [-0.3, -0.25) is 0 Å². The van der Waals surface area contributed by atoms with Crippen molar-refractivity contribution in [3.63, 3.8) is 0 Å². The molecule has 2 heteroatoms. The van der Waals surface area contributed by atoms with Gasteiger partial charge in [-0.15, -0.1) is 0 Å². The Kier molecular flexibility index (Phi) is 5.30. The van der Waals surface area contributed by atoms with E-state index in [4.69, 9.17) is 0 Å². The summed E-state index contributed by atoms with van der Waals surface area (Å²) in [5, 5.41) is 0.944. The summed E-state index contributed by atoms with van der Waals surface area (Å²) < 4.78 is 12.8. The SMILES string of the molecule is CCCC(C)C(CBr)c1ccc(F)cc1. The Morgan fingerprint density at radius 2 is 1.87 bits per heavy atom. The zero-order valence-electron chi connectivity index (χ0n) is 9.34. The summed E-state index contributed by atoms with van der Waals surface area (Å²) in [6.45, 7) is 4.46. The third-order valence-corrected chi connectivity index (χ3v) is 3.59. The molecule has 0 spiro atoms. The van der Waals surface area contributed by atoms with Gasteiger partial charge in [0.05, 0.1) is 0 Å². The van der Waals surface area contributed by atoms with Crippen LogP contribution >= 0.6 is 15.9 Å². The minimum absolute atomic E-state index is 0.157. The second-order valence-corrected chi connectivity index (χ2v) is 4.73. The standard InChI is InChI=1S/C13H18BrF/c1-3-4-10(2)13(9-14)11-5-7-12(15)8-6-11/h5-8,10,13H,3-4,9H2,1-2H3. The fourth-order valence-corrected chi connectivity index (χ4v) is 2.95. The van der Waals surface area contributed by atoms with E-state index in [2.05, 4.69) is 29.8 Å². The zero-order valence-corrected chi connectivity index (χ0v) is 10.9. The van der Waals surface area contributed by atoms with Crippen molar-refractivity contribution < 1.29 is 4.39 Å². The van der Waals surface area contributed by atoms with Crippen molar-refractivity contribution in [2.45, 2.75) is 32.6 Å². The highest BCUT2D eigenvalue weighted by Crippen LogP contribution is 2.29. The first-order chi connectivity index (χ1) is 7.19. The van der Waals surface area contributed by atoms with Crippen molar-refractivity contribution in [2.24, 2.45) is 5.92 Å². The van der Waals surface area contributed by atoms with Crippen LogP contribution in [-0.2, 0) is 0 Å². The Hall–Kier alpha value is -0.370. The van der Waals surface area contributed by atoms with Gasteiger partial charge in [0.15, 0.2) is 0 Å². The third kappa shape index (κ3) is 3.60. The molecule has 1 aromatic carbocycles. The quantitative estimate of drug-likeness (QED) is 0.680. The van der Waals surface area contributed by atoms with Gasteiger partial charge >= 0.3 is 0 Å². The summed E-state index contributed by atoms with van der Waals surface area (Å²) in [6, 6.07) is 6.88. The molecule has 0 aliphatic heterocycles. The fourth-order valence-electron chi connectivity index (χ4n) is 1.94. The van der Waals surface area contributed by atoms with Gasteiger partial charge in [0, 0.05) is 5.33 Å². The van der Waals surface area contributed by atoms with E-state index in [-0.39, 0.29) is 5.82 Å². The summed E-state index contributed by atoms with van der Waals surface area (Å²) in [5.41, 5.74) is 1.23. The van der Waals surface area contributed by atoms with Gasteiger partial charge in [-0.2, -0.15) is 0 Å². The second-order valence-electron chi connectivity index (χ2n) is 4.08. The highest BCUT2D eigenvalue weighted by atomic mass is 79.9. The van der Waals surface area contributed by atoms with Crippen LogP contribution in [0.5, 0.6) is 0 Å². The van der Waals surface area contributed by atoms with E-state index in [1.54, 1.807) is 12.1 Å². The van der Waals surface area contributed by atoms with Gasteiger partial charge in [-0.1, -0.05) is 54.8 Å². The fraction of sp³-hybridized carbons (Fsp3) is 0.538. The molecule has 0 saturated carbocycles. The first kappa shape index (κ1) is 12.7. The Bertz CT molecular complexity index is 281. The minimum atomic E-state index is -0.157. The summed E-state index contributed by atoms with van der Waals surface area (Å²) in [4.78, 5) is 0. The lowest BCUT2D eigenvalue weighted by atomic mass is 9.86. The monoisotopic (exact) mass is 272 g/mol. The Labute approximate surface area is 100 Å². The Morgan fingerprint density at radius 3 is 2.33 bits per heavy atom. The van der Waals surface area contributed by atoms with Crippen LogP contribution in [0.15, 0.2) is 24.3 Å². The van der Waals surface area contributed by atoms with Crippen LogP contribution in [0.25, 0.3) is 0 Å². The van der Waals surface area contributed by atoms with Crippen LogP contribution in [0.1, 0.15) is 38.2 Å². The van der Waals surface area contributed by atoms with E-state index in [9.17, 15) is 4.39 Å². The van der Waals surface area contributed by atoms with E-state index in [1.165, 1.54) is 18.4 Å². The number of rotatable bonds is 5. The smallest absolute Gasteiger partial charge is 0.123 e. The van der Waals surface area contributed by atoms with Crippen LogP contribution in [-0.4, -0.2) is 5.33 Å². The lowest BCUT2D eigenvalue weighted by Crippen LogP contribution is -2.11. The maximum Gasteiger partial charge on any atom is 0.123 e. The van der Waals surface area contributed by atoms with Crippen molar-refractivity contribution >= 4 is 15.9 Å². The molecule has 2 unspecified atom stereocenters. The van der Waals surface area contributed by atoms with Crippen molar-refractivity contribution in [3.05, 3.63) is 35.6 Å². The number of benzene rings is 1. The van der Waals surface area contributed by atoms with Crippen molar-refractivity contribution in [2.75, 3.05) is 5.33 Å². The Morgan fingerprint density at radius 1 is 1.27 bits per heavy atom. The molecule has 0 aromatic heterocycles. The van der Waals surface area contributed by atoms with Gasteiger partial charge in [-0.05, 0) is 29.5 Å². The summed E-state index contributed by atoms with van der Waals surface area (Å²) >= 11 is 3.55. The highest BCUT2D eigenvalue weighted by Gasteiger charge is 2.17. The summed E-state index contributed by atoms with van der Waals surface area (Å²) in [7, 11) is 0. The normalized spacial score (nSPS) is 14.9. The molecule has 0 radical (unpaired) electrons. The molecule has 1 rings (SSSR count). The summed E-state index contributed by atoms with van der Waals surface area (Å²) in [6.07, 6.45) is 2.42. The highest BCUT2D eigenvalue weighted by molar-refractivity contribution is 9.09. The zero-order chi connectivity index (χ0) is 11.3. The average molecular weight is 273 g/mol. The average Bonchev–Trinajstić information content (AvgIpc) is 2.22. The lowest BCUT2D eigenvalue weighted by molar-refractivity contribution is 0.454. The van der Waals surface area contributed by atoms with E-state index >= 15 is 0 Å². The number of halogens is 2. The van der Waals surface area contributed by atoms with Crippen molar-refractivity contribution in [3.8, 4) is 0 Å². The molecule has 0 saturated heterocycles. The molecule has 0 aliphatic carbocycles. The van der Waals surface area contributed by atoms with E-state index < -0.39 is 0 Å². The molecule has 0 bridgehead atoms. The lowest BCUT2D eigenvalue weighted by Gasteiger charge is -2.22. The molecule has 0 N–H and O–H groups in total. The largest absolute Gasteiger partial charge is 0.207 e. The molecule has 0 nitrogen and oxygen atoms in total. The second kappa shape index (κ2) is 6.26. The maximum atomic E-state index is 12.8. The maximum absolute atomic E-state index is 12.8. The van der Waals surface area contributed by atoms with Crippen molar-refractivity contribution in [1.29, 1.82) is 0 Å². The van der Waals surface area contributed by atoms with Gasteiger partial charge in [0.2, 0.25) is 0 Å². The molecule has 2 atom stereocenters. The molecule has 0 heterocycles. The van der Waals surface area contributed by atoms with Crippen LogP contribution in [0.4, 0.5) is 4.39 Å². The first-order valence-electron chi connectivity index (χ1n) is 5.50. The van der Waals surface area contributed by atoms with Crippen LogP contribution < -0.4 is 0 Å². The van der Waals surface area contributed by atoms with Crippen LogP contribution in [0.2, 0.25) is 0 Å². The number of hydrogen-bond acceptors (Lipinski definition) is 0. The van der Waals surface area contributed by atoms with Gasteiger partial charge in [0.1, 0.15) is 5.82 Å². The molecular formula is C13H18BrF. The predicted octanol–water partition coefficient (Wildman–Crippen LogP) is 4.74. The van der Waals surface area contributed by atoms with Gasteiger partial charge < -0.3 is 0 Å². The van der Waals surface area contributed by atoms with E-state index in [1.807, 2.05) is 12.1 Å². The van der Waals surface area contributed by atoms with E-state index in [0.717, 1.165) is 5.33 Å². The minimum Gasteiger partial charge on any atom is -0.207 e. The molecule has 0 amide bonds. The molecule has 0 aliphatic rings. The molecule has 0 fully saturated rings. The topological polar surface area (TPSA) is 0 Å². The van der Waals surface area contributed by atoms with Gasteiger partial charge in [-0.25, -0.2) is 4.39 Å². The molecule has 15 heavy (non-hydrogen) atoms. The Balaban J connectivity index is 2.77.